The molecule has 0 nitrogen and oxygen atoms in total. The predicted octanol–water partition coefficient (Wildman–Crippen LogP) is 22.3. The van der Waals surface area contributed by atoms with Crippen LogP contribution in [0.2, 0.25) is 0 Å². The van der Waals surface area contributed by atoms with Gasteiger partial charge in [0, 0.05) is 0 Å². The first-order valence-electron chi connectivity index (χ1n) is 33.5. The van der Waals surface area contributed by atoms with Gasteiger partial charge in [0.05, 0.1) is 0 Å². The highest BCUT2D eigenvalue weighted by Gasteiger charge is 2.47. The van der Waals surface area contributed by atoms with E-state index in [1.54, 1.807) is 173 Å². The maximum Gasteiger partial charge on any atom is -0.0234 e. The first kappa shape index (κ1) is 53.6. The lowest BCUT2D eigenvalue weighted by Crippen LogP contribution is -2.38. The van der Waals surface area contributed by atoms with Crippen molar-refractivity contribution in [2.45, 2.75) is 322 Å². The van der Waals surface area contributed by atoms with Crippen molar-refractivity contribution in [2.75, 3.05) is 0 Å². The Labute approximate surface area is 432 Å². The van der Waals surface area contributed by atoms with E-state index in [1.165, 1.54) is 170 Å². The molecule has 0 aromatic carbocycles. The molecule has 0 N–H and O–H groups in total. The monoisotopic (exact) mass is 949 g/mol. The van der Waals surface area contributed by atoms with Crippen molar-refractivity contribution < 1.29 is 0 Å². The summed E-state index contributed by atoms with van der Waals surface area (Å²) in [4.78, 5) is 0. The van der Waals surface area contributed by atoms with Crippen molar-refractivity contribution >= 4 is 0 Å². The molecule has 0 atom stereocenters. The Morgan fingerprint density at radius 2 is 0.536 bits per heavy atom. The summed E-state index contributed by atoms with van der Waals surface area (Å²) in [6, 6.07) is 0. The Balaban J connectivity index is 0.0000000995. The van der Waals surface area contributed by atoms with Crippen LogP contribution in [0.3, 0.4) is 0 Å². The topological polar surface area (TPSA) is 0 Å². The van der Waals surface area contributed by atoms with Gasteiger partial charge in [-0.05, 0) is 190 Å². The van der Waals surface area contributed by atoms with Crippen molar-refractivity contribution in [3.63, 3.8) is 0 Å². The number of allylic oxidation sites excluding steroid dienone is 2. The van der Waals surface area contributed by atoms with Gasteiger partial charge in [-0.25, -0.2) is 0 Å². The smallest absolute Gasteiger partial charge is 0.0234 e. The Kier molecular flexibility index (Phi) is 21.8. The Morgan fingerprint density at radius 1 is 0.246 bits per heavy atom. The van der Waals surface area contributed by atoms with Crippen molar-refractivity contribution in [1.82, 2.24) is 0 Å². The molecule has 20 rings (SSSR count). The van der Waals surface area contributed by atoms with Crippen LogP contribution in [0.5, 0.6) is 0 Å². The van der Waals surface area contributed by atoms with Gasteiger partial charge >= 0.3 is 0 Å². The zero-order valence-electron chi connectivity index (χ0n) is 46.8. The molecule has 18 saturated carbocycles. The maximum absolute atomic E-state index is 2.48. The van der Waals surface area contributed by atoms with E-state index in [9.17, 15) is 0 Å². The average Bonchev–Trinajstić information content (AvgIpc) is 3.88. The lowest BCUT2D eigenvalue weighted by molar-refractivity contribution is 0.0198. The van der Waals surface area contributed by atoms with E-state index < -0.39 is 0 Å². The first-order valence-corrected chi connectivity index (χ1v) is 33.5. The molecule has 20 aliphatic rings. The standard InChI is InChI=1S/C11H20.C11H18.C10H16.C10H18.C9H16.C8H14.C7H12.C3H6/c2*1-4-10-6-2-7-11(5-1)9-3-8-10;1-7-2-9-4-8(1)5-10(3-7)6-9;1-2-6-10-8-4-3-7-9(10)5-1;1-9(2)7-3-4-8(9)6-5-7;1-2-8-5-3-7(1)4-6-8;1-2-7-4-3-6(1)5-7;1-2-3-1/h10-11H,1-9H2;1,4,10-11H,2-3,5-9H2;7-10H,1-6H2;9-10H,1-8H2;7-8H,3-6H2,1-2H3;7-8H,1-6H2;6-7H,1-5H2;1-3H2. The normalized spacial score (nSPS) is 43.7. The Morgan fingerprint density at radius 3 is 0.812 bits per heavy atom. The van der Waals surface area contributed by atoms with Crippen LogP contribution in [0.4, 0.5) is 0 Å². The molecule has 0 heteroatoms. The second kappa shape index (κ2) is 28.0. The fraction of sp³-hybridized carbons (Fsp3) is 0.971. The third kappa shape index (κ3) is 17.4. The number of hydrogen-bond donors (Lipinski definition) is 0. The zero-order chi connectivity index (χ0) is 47.1. The van der Waals surface area contributed by atoms with E-state index in [0.717, 1.165) is 64.6 Å². The zero-order valence-corrected chi connectivity index (χ0v) is 46.8. The molecule has 396 valence electrons. The number of fused-ring (bicyclic) bond motifs is 19. The van der Waals surface area contributed by atoms with E-state index in [2.05, 4.69) is 26.0 Å². The SMILES string of the molecule is C1=CC2CCCC(C1)CCC2.C1C2CC3CC1CC(C2)C3.C1CC1.C1CC2CCC1C2.C1CC2CCC1CC2.C1CC2CCCC(C1)CCC2.C1CCC2CCCCC2C1.CC1(C)C2CCC1CC2. The van der Waals surface area contributed by atoms with Crippen LogP contribution in [-0.4, -0.2) is 0 Å². The van der Waals surface area contributed by atoms with Crippen molar-refractivity contribution in [3.05, 3.63) is 12.2 Å². The minimum Gasteiger partial charge on any atom is -0.0880 e. The summed E-state index contributed by atoms with van der Waals surface area (Å²) in [7, 11) is 0. The highest BCUT2D eigenvalue weighted by Crippen LogP contribution is 2.57. The molecule has 14 bridgehead atoms. The van der Waals surface area contributed by atoms with Gasteiger partial charge < -0.3 is 0 Å². The van der Waals surface area contributed by atoms with Crippen LogP contribution in [0.1, 0.15) is 322 Å². The maximum atomic E-state index is 2.48. The van der Waals surface area contributed by atoms with E-state index in [1.807, 2.05) is 0 Å². The van der Waals surface area contributed by atoms with Crippen molar-refractivity contribution in [1.29, 1.82) is 0 Å². The predicted molar refractivity (Wildman–Crippen MR) is 300 cm³/mol. The van der Waals surface area contributed by atoms with Crippen LogP contribution in [0.25, 0.3) is 0 Å². The third-order valence-electron chi connectivity index (χ3n) is 24.2. The molecular weight excluding hydrogens is 829 g/mol. The first-order chi connectivity index (χ1) is 33.9. The molecule has 0 spiro atoms. The number of hydrogen-bond acceptors (Lipinski definition) is 0. The summed E-state index contributed by atoms with van der Waals surface area (Å²) in [5.41, 5.74) is 0.722. The molecule has 0 radical (unpaired) electrons. The molecule has 0 aromatic rings. The minimum absolute atomic E-state index is 0.722. The van der Waals surface area contributed by atoms with Gasteiger partial charge in [-0.3, -0.25) is 0 Å². The summed E-state index contributed by atoms with van der Waals surface area (Å²) in [5.74, 6) is 18.1. The lowest BCUT2D eigenvalue weighted by Gasteiger charge is -2.49. The fourth-order valence-corrected chi connectivity index (χ4v) is 19.7. The molecule has 18 fully saturated rings. The summed E-state index contributed by atoms with van der Waals surface area (Å²) in [6.07, 6.45) is 78.9. The quantitative estimate of drug-likeness (QED) is 0.212. The molecule has 0 heterocycles. The average molecular weight is 950 g/mol. The highest BCUT2D eigenvalue weighted by atomic mass is 14.5. The molecule has 0 aromatic heterocycles. The minimum atomic E-state index is 0.722. The van der Waals surface area contributed by atoms with E-state index >= 15 is 0 Å². The van der Waals surface area contributed by atoms with Gasteiger partial charge in [0.15, 0.2) is 0 Å². The van der Waals surface area contributed by atoms with Crippen LogP contribution >= 0.6 is 0 Å². The summed E-state index contributed by atoms with van der Waals surface area (Å²) in [6.45, 7) is 4.92. The second-order valence-corrected chi connectivity index (χ2v) is 29.7. The molecule has 69 heavy (non-hydrogen) atoms. The number of rotatable bonds is 0. The van der Waals surface area contributed by atoms with Gasteiger partial charge in [0.1, 0.15) is 0 Å². The van der Waals surface area contributed by atoms with Crippen LogP contribution in [-0.2, 0) is 0 Å². The molecule has 20 aliphatic carbocycles. The molecular formula is C69H120. The van der Waals surface area contributed by atoms with E-state index in [-0.39, 0.29) is 0 Å². The lowest BCUT2D eigenvalue weighted by atomic mass is 9.56. The van der Waals surface area contributed by atoms with Crippen molar-refractivity contribution in [3.8, 4) is 0 Å². The highest BCUT2D eigenvalue weighted by molar-refractivity contribution is 4.98. The van der Waals surface area contributed by atoms with Crippen LogP contribution in [0, 0.1) is 100 Å². The van der Waals surface area contributed by atoms with Gasteiger partial charge in [-0.15, -0.1) is 0 Å². The summed E-state index contributed by atoms with van der Waals surface area (Å²) >= 11 is 0. The van der Waals surface area contributed by atoms with Crippen molar-refractivity contribution in [2.24, 2.45) is 100 Å². The molecule has 0 aliphatic heterocycles. The summed E-state index contributed by atoms with van der Waals surface area (Å²) in [5, 5.41) is 0. The van der Waals surface area contributed by atoms with Gasteiger partial charge in [0.25, 0.3) is 0 Å². The van der Waals surface area contributed by atoms with Gasteiger partial charge in [0.2, 0.25) is 0 Å². The second-order valence-electron chi connectivity index (χ2n) is 29.7. The summed E-state index contributed by atoms with van der Waals surface area (Å²) < 4.78 is 0. The molecule has 0 unspecified atom stereocenters. The van der Waals surface area contributed by atoms with E-state index in [4.69, 9.17) is 0 Å². The molecule has 0 amide bonds. The fourth-order valence-electron chi connectivity index (χ4n) is 19.7. The Hall–Kier alpha value is -0.260. The third-order valence-corrected chi connectivity index (χ3v) is 24.2. The Bertz CT molecular complexity index is 1230. The largest absolute Gasteiger partial charge is 0.0880 e. The van der Waals surface area contributed by atoms with E-state index in [0.29, 0.717) is 0 Å². The molecule has 0 saturated heterocycles. The van der Waals surface area contributed by atoms with Gasteiger partial charge in [-0.2, -0.15) is 0 Å². The van der Waals surface area contributed by atoms with Crippen LogP contribution in [0.15, 0.2) is 12.2 Å². The van der Waals surface area contributed by atoms with Crippen LogP contribution < -0.4 is 0 Å². The van der Waals surface area contributed by atoms with Gasteiger partial charge in [-0.1, -0.05) is 244 Å².